The molecule has 1 aromatic rings. The van der Waals surface area contributed by atoms with Gasteiger partial charge in [0, 0.05) is 5.69 Å². The molecule has 0 aliphatic heterocycles. The van der Waals surface area contributed by atoms with Crippen molar-refractivity contribution in [3.05, 3.63) is 29.3 Å². The molecule has 0 saturated heterocycles. The minimum atomic E-state index is -0.759. The van der Waals surface area contributed by atoms with Crippen LogP contribution in [0.15, 0.2) is 18.2 Å². The van der Waals surface area contributed by atoms with Gasteiger partial charge >= 0.3 is 0 Å². The van der Waals surface area contributed by atoms with Gasteiger partial charge in [-0.15, -0.1) is 0 Å². The second-order valence-corrected chi connectivity index (χ2v) is 7.65. The van der Waals surface area contributed by atoms with E-state index in [1.807, 2.05) is 32.0 Å². The van der Waals surface area contributed by atoms with Crippen molar-refractivity contribution in [3.8, 4) is 6.07 Å². The number of amides is 2. The third-order valence-corrected chi connectivity index (χ3v) is 5.46. The molecule has 1 aliphatic rings. The molecule has 0 spiro atoms. The molecule has 0 heterocycles. The molecule has 2 N–H and O–H groups in total. The molecule has 6 heteroatoms. The number of benzene rings is 1. The third-order valence-electron chi connectivity index (χ3n) is 5.46. The predicted octanol–water partition coefficient (Wildman–Crippen LogP) is 2.90. The molecular formula is C21H30N4O2. The van der Waals surface area contributed by atoms with Gasteiger partial charge in [-0.3, -0.25) is 14.5 Å². The number of anilines is 1. The first-order chi connectivity index (χ1) is 12.8. The van der Waals surface area contributed by atoms with Gasteiger partial charge in [-0.05, 0) is 51.8 Å². The number of nitrogens with one attached hydrogen (secondary N) is 2. The van der Waals surface area contributed by atoms with E-state index in [0.29, 0.717) is 12.8 Å². The van der Waals surface area contributed by atoms with Crippen LogP contribution in [0, 0.1) is 25.2 Å². The van der Waals surface area contributed by atoms with E-state index in [1.54, 1.807) is 18.9 Å². The number of nitriles is 1. The summed E-state index contributed by atoms with van der Waals surface area (Å²) in [6.07, 6.45) is 4.40. The van der Waals surface area contributed by atoms with E-state index in [2.05, 4.69) is 16.7 Å². The lowest BCUT2D eigenvalue weighted by atomic mass is 9.82. The lowest BCUT2D eigenvalue weighted by molar-refractivity contribution is -0.128. The largest absolute Gasteiger partial charge is 0.336 e. The summed E-state index contributed by atoms with van der Waals surface area (Å²) in [6, 6.07) is 7.66. The number of hydrogen-bond acceptors (Lipinski definition) is 4. The van der Waals surface area contributed by atoms with Crippen LogP contribution in [0.3, 0.4) is 0 Å². The molecule has 0 radical (unpaired) electrons. The van der Waals surface area contributed by atoms with E-state index in [1.165, 1.54) is 0 Å². The van der Waals surface area contributed by atoms with Crippen LogP contribution in [0.2, 0.25) is 0 Å². The summed E-state index contributed by atoms with van der Waals surface area (Å²) in [5.74, 6) is -0.372. The van der Waals surface area contributed by atoms with E-state index >= 15 is 0 Å². The van der Waals surface area contributed by atoms with Gasteiger partial charge in [-0.2, -0.15) is 5.26 Å². The summed E-state index contributed by atoms with van der Waals surface area (Å²) in [6.45, 7) is 5.76. The fourth-order valence-electron chi connectivity index (χ4n) is 3.51. The number of rotatable bonds is 6. The Morgan fingerprint density at radius 3 is 2.37 bits per heavy atom. The Balaban J connectivity index is 1.94. The second kappa shape index (κ2) is 9.01. The lowest BCUT2D eigenvalue weighted by Crippen LogP contribution is -2.55. The summed E-state index contributed by atoms with van der Waals surface area (Å²) in [5, 5.41) is 15.4. The Labute approximate surface area is 161 Å². The molecule has 1 aliphatic carbocycles. The molecule has 6 nitrogen and oxygen atoms in total. The molecular weight excluding hydrogens is 340 g/mol. The van der Waals surface area contributed by atoms with Crippen molar-refractivity contribution in [1.82, 2.24) is 10.2 Å². The number of carbonyl (C=O) groups is 2. The fourth-order valence-corrected chi connectivity index (χ4v) is 3.51. The quantitative estimate of drug-likeness (QED) is 0.806. The van der Waals surface area contributed by atoms with Crippen LogP contribution in [0.25, 0.3) is 0 Å². The maximum absolute atomic E-state index is 12.6. The van der Waals surface area contributed by atoms with Crippen LogP contribution in [-0.4, -0.2) is 41.9 Å². The third kappa shape index (κ3) is 5.30. The van der Waals surface area contributed by atoms with E-state index in [-0.39, 0.29) is 18.4 Å². The Kier molecular flexibility index (Phi) is 6.98. The number of hydrogen-bond donors (Lipinski definition) is 2. The van der Waals surface area contributed by atoms with Gasteiger partial charge in [0.15, 0.2) is 0 Å². The van der Waals surface area contributed by atoms with E-state index in [9.17, 15) is 14.9 Å². The van der Waals surface area contributed by atoms with Crippen LogP contribution < -0.4 is 10.6 Å². The lowest BCUT2D eigenvalue weighted by Gasteiger charge is -2.34. The number of aryl methyl sites for hydroxylation is 2. The average Bonchev–Trinajstić information content (AvgIpc) is 2.64. The Morgan fingerprint density at radius 1 is 1.22 bits per heavy atom. The van der Waals surface area contributed by atoms with Crippen molar-refractivity contribution >= 4 is 17.5 Å². The van der Waals surface area contributed by atoms with Crippen molar-refractivity contribution in [1.29, 1.82) is 5.26 Å². The average molecular weight is 370 g/mol. The summed E-state index contributed by atoms with van der Waals surface area (Å²) in [7, 11) is 1.74. The van der Waals surface area contributed by atoms with Crippen molar-refractivity contribution in [2.24, 2.45) is 0 Å². The van der Waals surface area contributed by atoms with Gasteiger partial charge in [0.1, 0.15) is 5.54 Å². The molecule has 1 aromatic carbocycles. The summed E-state index contributed by atoms with van der Waals surface area (Å²) in [4.78, 5) is 26.8. The molecule has 27 heavy (non-hydrogen) atoms. The molecule has 0 aromatic heterocycles. The van der Waals surface area contributed by atoms with Crippen LogP contribution in [0.5, 0.6) is 0 Å². The predicted molar refractivity (Wildman–Crippen MR) is 106 cm³/mol. The molecule has 2 rings (SSSR count). The van der Waals surface area contributed by atoms with Gasteiger partial charge < -0.3 is 10.6 Å². The zero-order valence-corrected chi connectivity index (χ0v) is 16.8. The SMILES string of the molecule is Cc1cccc(C)c1NC(=O)CN(C)C(C)C(=O)NC1(C#N)CCCCC1. The first kappa shape index (κ1) is 20.9. The Morgan fingerprint density at radius 2 is 1.81 bits per heavy atom. The second-order valence-electron chi connectivity index (χ2n) is 7.65. The normalized spacial score (nSPS) is 17.0. The summed E-state index contributed by atoms with van der Waals surface area (Å²) in [5.41, 5.74) is 2.07. The van der Waals surface area contributed by atoms with Crippen molar-refractivity contribution in [2.45, 2.75) is 64.5 Å². The van der Waals surface area contributed by atoms with Crippen LogP contribution >= 0.6 is 0 Å². The highest BCUT2D eigenvalue weighted by atomic mass is 16.2. The number of carbonyl (C=O) groups excluding carboxylic acids is 2. The molecule has 2 amide bonds. The summed E-state index contributed by atoms with van der Waals surface area (Å²) < 4.78 is 0. The minimum absolute atomic E-state index is 0.0991. The highest BCUT2D eigenvalue weighted by Gasteiger charge is 2.35. The maximum atomic E-state index is 12.6. The van der Waals surface area contributed by atoms with Crippen molar-refractivity contribution in [3.63, 3.8) is 0 Å². The van der Waals surface area contributed by atoms with E-state index in [0.717, 1.165) is 36.1 Å². The minimum Gasteiger partial charge on any atom is -0.336 e. The zero-order valence-electron chi connectivity index (χ0n) is 16.8. The van der Waals surface area contributed by atoms with Crippen molar-refractivity contribution < 1.29 is 9.59 Å². The zero-order chi connectivity index (χ0) is 20.0. The monoisotopic (exact) mass is 370 g/mol. The van der Waals surface area contributed by atoms with Gasteiger partial charge in [0.25, 0.3) is 0 Å². The van der Waals surface area contributed by atoms with Gasteiger partial charge in [0.2, 0.25) is 11.8 Å². The topological polar surface area (TPSA) is 85.2 Å². The van der Waals surface area contributed by atoms with Gasteiger partial charge in [-0.1, -0.05) is 37.5 Å². The number of nitrogens with zero attached hydrogens (tertiary/aromatic N) is 2. The smallest absolute Gasteiger partial charge is 0.238 e. The molecule has 1 saturated carbocycles. The molecule has 1 fully saturated rings. The molecule has 1 unspecified atom stereocenters. The maximum Gasteiger partial charge on any atom is 0.238 e. The van der Waals surface area contributed by atoms with E-state index in [4.69, 9.17) is 0 Å². The first-order valence-corrected chi connectivity index (χ1v) is 9.57. The number of likely N-dealkylation sites (N-methyl/N-ethyl adjacent to an activating group) is 1. The molecule has 1 atom stereocenters. The summed E-state index contributed by atoms with van der Waals surface area (Å²) >= 11 is 0. The highest BCUT2D eigenvalue weighted by Crippen LogP contribution is 2.27. The first-order valence-electron chi connectivity index (χ1n) is 9.57. The highest BCUT2D eigenvalue weighted by molar-refractivity contribution is 5.94. The molecule has 146 valence electrons. The van der Waals surface area contributed by atoms with Crippen LogP contribution in [0.4, 0.5) is 5.69 Å². The van der Waals surface area contributed by atoms with Crippen molar-refractivity contribution in [2.75, 3.05) is 18.9 Å². The standard InChI is InChI=1S/C21H30N4O2/c1-15-9-8-10-16(2)19(15)23-18(26)13-25(4)17(3)20(27)24-21(14-22)11-6-5-7-12-21/h8-10,17H,5-7,11-13H2,1-4H3,(H,23,26)(H,24,27). The Hall–Kier alpha value is -2.39. The van der Waals surface area contributed by atoms with Gasteiger partial charge in [0.05, 0.1) is 18.7 Å². The van der Waals surface area contributed by atoms with Gasteiger partial charge in [-0.25, -0.2) is 0 Å². The van der Waals surface area contributed by atoms with Crippen LogP contribution in [-0.2, 0) is 9.59 Å². The van der Waals surface area contributed by atoms with Crippen LogP contribution in [0.1, 0.15) is 50.2 Å². The molecule has 0 bridgehead atoms. The Bertz CT molecular complexity index is 712. The van der Waals surface area contributed by atoms with E-state index < -0.39 is 11.6 Å². The fraction of sp³-hybridized carbons (Fsp3) is 0.571. The number of para-hydroxylation sites is 1.